The lowest BCUT2D eigenvalue weighted by molar-refractivity contribution is -0.0696. The van der Waals surface area contributed by atoms with Crippen LogP contribution in [0.1, 0.15) is 51.9 Å². The van der Waals surface area contributed by atoms with Crippen LogP contribution in [0.15, 0.2) is 0 Å². The summed E-state index contributed by atoms with van der Waals surface area (Å²) in [7, 11) is 0. The van der Waals surface area contributed by atoms with Gasteiger partial charge in [0.25, 0.3) is 0 Å². The van der Waals surface area contributed by atoms with Gasteiger partial charge in [-0.2, -0.15) is 0 Å². The van der Waals surface area contributed by atoms with E-state index >= 15 is 0 Å². The van der Waals surface area contributed by atoms with Gasteiger partial charge in [0.2, 0.25) is 0 Å². The summed E-state index contributed by atoms with van der Waals surface area (Å²) in [6.07, 6.45) is 10.4. The van der Waals surface area contributed by atoms with E-state index in [-0.39, 0.29) is 0 Å². The van der Waals surface area contributed by atoms with Crippen molar-refractivity contribution in [1.82, 2.24) is 5.32 Å². The Morgan fingerprint density at radius 2 is 1.55 bits per heavy atom. The Balaban J connectivity index is 1.53. The van der Waals surface area contributed by atoms with Crippen molar-refractivity contribution in [3.63, 3.8) is 0 Å². The van der Waals surface area contributed by atoms with Gasteiger partial charge in [0.1, 0.15) is 0 Å². The Hall–Kier alpha value is -0.0800. The summed E-state index contributed by atoms with van der Waals surface area (Å²) in [5, 5.41) is 3.92. The number of ether oxygens (including phenoxy) is 1. The van der Waals surface area contributed by atoms with Crippen molar-refractivity contribution < 1.29 is 4.74 Å². The maximum absolute atomic E-state index is 5.61. The first-order valence-corrected chi connectivity index (χ1v) is 9.16. The van der Waals surface area contributed by atoms with Crippen LogP contribution in [-0.2, 0) is 4.74 Å². The molecule has 0 aromatic carbocycles. The maximum Gasteiger partial charge on any atom is 0.0469 e. The first kappa shape index (κ1) is 13.6. The molecule has 4 saturated carbocycles. The lowest BCUT2D eigenvalue weighted by Crippen LogP contribution is -2.56. The molecule has 1 heterocycles. The van der Waals surface area contributed by atoms with E-state index in [1.165, 1.54) is 12.8 Å². The average molecular weight is 277 g/mol. The van der Waals surface area contributed by atoms with Crippen LogP contribution in [0, 0.1) is 35.5 Å². The summed E-state index contributed by atoms with van der Waals surface area (Å²) in [6, 6.07) is 0.791. The van der Waals surface area contributed by atoms with Crippen LogP contribution in [0.4, 0.5) is 0 Å². The van der Waals surface area contributed by atoms with Crippen molar-refractivity contribution in [1.29, 1.82) is 0 Å². The third-order valence-corrected chi connectivity index (χ3v) is 6.93. The van der Waals surface area contributed by atoms with Gasteiger partial charge in [0, 0.05) is 19.3 Å². The third kappa shape index (κ3) is 2.33. The fourth-order valence-corrected chi connectivity index (χ4v) is 6.48. The van der Waals surface area contributed by atoms with Gasteiger partial charge >= 0.3 is 0 Å². The lowest BCUT2D eigenvalue weighted by atomic mass is 9.49. The van der Waals surface area contributed by atoms with Crippen molar-refractivity contribution in [3.05, 3.63) is 0 Å². The van der Waals surface area contributed by atoms with Crippen LogP contribution >= 0.6 is 0 Å². The number of nitrogens with one attached hydrogen (secondary N) is 1. The second kappa shape index (κ2) is 5.61. The first-order chi connectivity index (χ1) is 9.85. The van der Waals surface area contributed by atoms with Gasteiger partial charge in [-0.3, -0.25) is 0 Å². The fraction of sp³-hybridized carbons (Fsp3) is 1.00. The molecule has 0 amide bonds. The summed E-state index contributed by atoms with van der Waals surface area (Å²) in [4.78, 5) is 0. The van der Waals surface area contributed by atoms with Crippen LogP contribution in [0.5, 0.6) is 0 Å². The minimum atomic E-state index is 0.791. The molecule has 1 atom stereocenters. The molecule has 2 heteroatoms. The fourth-order valence-electron chi connectivity index (χ4n) is 6.48. The molecule has 0 aromatic heterocycles. The van der Waals surface area contributed by atoms with E-state index in [0.29, 0.717) is 0 Å². The highest BCUT2D eigenvalue weighted by Gasteiger charge is 2.51. The molecule has 1 unspecified atom stereocenters. The van der Waals surface area contributed by atoms with Gasteiger partial charge < -0.3 is 10.1 Å². The molecule has 5 rings (SSSR count). The maximum atomic E-state index is 5.61. The predicted octanol–water partition coefficient (Wildman–Crippen LogP) is 3.46. The van der Waals surface area contributed by atoms with E-state index in [0.717, 1.165) is 61.3 Å². The minimum absolute atomic E-state index is 0.791. The molecule has 1 saturated heterocycles. The number of hydrogen-bond acceptors (Lipinski definition) is 2. The number of hydrogen-bond donors (Lipinski definition) is 1. The quantitative estimate of drug-likeness (QED) is 0.849. The Morgan fingerprint density at radius 3 is 2.10 bits per heavy atom. The lowest BCUT2D eigenvalue weighted by Gasteiger charge is -2.57. The molecular weight excluding hydrogens is 246 g/mol. The summed E-state index contributed by atoms with van der Waals surface area (Å²) >= 11 is 0. The summed E-state index contributed by atoms with van der Waals surface area (Å²) in [6.45, 7) is 5.44. The first-order valence-electron chi connectivity index (χ1n) is 9.16. The van der Waals surface area contributed by atoms with E-state index in [1.54, 1.807) is 32.1 Å². The average Bonchev–Trinajstić information content (AvgIpc) is 2.46. The monoisotopic (exact) mass is 277 g/mol. The summed E-state index contributed by atoms with van der Waals surface area (Å²) in [5.74, 6) is 6.18. The van der Waals surface area contributed by atoms with E-state index in [2.05, 4.69) is 12.2 Å². The molecule has 5 fully saturated rings. The normalized spacial score (nSPS) is 45.8. The van der Waals surface area contributed by atoms with Gasteiger partial charge in [0.15, 0.2) is 0 Å². The summed E-state index contributed by atoms with van der Waals surface area (Å²) < 4.78 is 5.61. The van der Waals surface area contributed by atoms with Crippen molar-refractivity contribution in [2.45, 2.75) is 57.9 Å². The van der Waals surface area contributed by atoms with E-state index in [4.69, 9.17) is 4.74 Å². The van der Waals surface area contributed by atoms with Crippen molar-refractivity contribution >= 4 is 0 Å². The highest BCUT2D eigenvalue weighted by Crippen LogP contribution is 2.58. The van der Waals surface area contributed by atoms with Crippen LogP contribution in [0.3, 0.4) is 0 Å². The Bertz CT molecular complexity index is 308. The van der Waals surface area contributed by atoms with E-state index in [1.807, 2.05) is 0 Å². The van der Waals surface area contributed by atoms with Crippen LogP contribution < -0.4 is 5.32 Å². The van der Waals surface area contributed by atoms with Gasteiger partial charge in [0.05, 0.1) is 0 Å². The highest BCUT2D eigenvalue weighted by molar-refractivity contribution is 5.03. The van der Waals surface area contributed by atoms with Crippen molar-refractivity contribution in [2.75, 3.05) is 19.8 Å². The second-order valence-corrected chi connectivity index (χ2v) is 8.04. The van der Waals surface area contributed by atoms with Gasteiger partial charge in [-0.05, 0) is 87.0 Å². The molecular formula is C18H31NO. The molecule has 4 aliphatic carbocycles. The molecule has 2 nitrogen and oxygen atoms in total. The zero-order chi connectivity index (χ0) is 13.5. The molecule has 114 valence electrons. The molecule has 5 aliphatic rings. The molecule has 0 radical (unpaired) electrons. The zero-order valence-corrected chi connectivity index (χ0v) is 13.0. The Morgan fingerprint density at radius 1 is 0.950 bits per heavy atom. The van der Waals surface area contributed by atoms with Crippen LogP contribution in [-0.4, -0.2) is 25.8 Å². The SMILES string of the molecule is CCNC(C1CCOCC1)C1C2CC3CC(C2)CC1C3. The Kier molecular flexibility index (Phi) is 3.80. The zero-order valence-electron chi connectivity index (χ0n) is 13.0. The van der Waals surface area contributed by atoms with Gasteiger partial charge in [-0.25, -0.2) is 0 Å². The molecule has 4 bridgehead atoms. The predicted molar refractivity (Wildman–Crippen MR) is 81.5 cm³/mol. The highest BCUT2D eigenvalue weighted by atomic mass is 16.5. The largest absolute Gasteiger partial charge is 0.381 e. The topological polar surface area (TPSA) is 21.3 Å². The third-order valence-electron chi connectivity index (χ3n) is 6.93. The van der Waals surface area contributed by atoms with Gasteiger partial charge in [-0.15, -0.1) is 0 Å². The van der Waals surface area contributed by atoms with Gasteiger partial charge in [-0.1, -0.05) is 6.92 Å². The molecule has 0 spiro atoms. The second-order valence-electron chi connectivity index (χ2n) is 8.04. The standard InChI is InChI=1S/C18H31NO/c1-2-19-18(14-3-5-20-6-4-14)17-15-8-12-7-13(10-15)11-16(17)9-12/h12-19H,2-11H2,1H3. The molecule has 1 aliphatic heterocycles. The smallest absolute Gasteiger partial charge is 0.0469 e. The van der Waals surface area contributed by atoms with E-state index in [9.17, 15) is 0 Å². The Labute approximate surface area is 124 Å². The van der Waals surface area contributed by atoms with Crippen LogP contribution in [0.2, 0.25) is 0 Å². The molecule has 0 aromatic rings. The summed E-state index contributed by atoms with van der Waals surface area (Å²) in [5.41, 5.74) is 0. The van der Waals surface area contributed by atoms with Crippen molar-refractivity contribution in [3.8, 4) is 0 Å². The minimum Gasteiger partial charge on any atom is -0.381 e. The van der Waals surface area contributed by atoms with E-state index < -0.39 is 0 Å². The van der Waals surface area contributed by atoms with Crippen LogP contribution in [0.25, 0.3) is 0 Å². The van der Waals surface area contributed by atoms with Crippen molar-refractivity contribution in [2.24, 2.45) is 35.5 Å². The number of rotatable bonds is 4. The molecule has 20 heavy (non-hydrogen) atoms. The molecule has 1 N–H and O–H groups in total.